The van der Waals surface area contributed by atoms with E-state index in [1.807, 2.05) is 38.2 Å². The van der Waals surface area contributed by atoms with E-state index in [9.17, 15) is 9.90 Å². The molecule has 0 spiro atoms. The summed E-state index contributed by atoms with van der Waals surface area (Å²) in [6.45, 7) is 9.06. The van der Waals surface area contributed by atoms with E-state index in [2.05, 4.69) is 35.9 Å². The van der Waals surface area contributed by atoms with Crippen LogP contribution in [-0.4, -0.2) is 36.0 Å². The van der Waals surface area contributed by atoms with Crippen LogP contribution in [0.5, 0.6) is 11.5 Å². The zero-order valence-electron chi connectivity index (χ0n) is 17.9. The summed E-state index contributed by atoms with van der Waals surface area (Å²) in [6, 6.07) is 9.38. The summed E-state index contributed by atoms with van der Waals surface area (Å²) < 4.78 is 5.48. The molecule has 6 heteroatoms. The summed E-state index contributed by atoms with van der Waals surface area (Å²) in [7, 11) is 3.61. The number of aromatic hydroxyl groups is 1. The second kappa shape index (κ2) is 8.07. The Balaban J connectivity index is 2.23. The number of aromatic nitrogens is 2. The lowest BCUT2D eigenvalue weighted by Gasteiger charge is -2.21. The number of benzene rings is 2. The molecule has 0 radical (unpaired) electrons. The summed E-state index contributed by atoms with van der Waals surface area (Å²) in [4.78, 5) is 14.8. The van der Waals surface area contributed by atoms with Crippen molar-refractivity contribution < 1.29 is 9.84 Å². The molecule has 154 valence electrons. The minimum absolute atomic E-state index is 0.141. The van der Waals surface area contributed by atoms with E-state index in [0.717, 1.165) is 34.7 Å². The van der Waals surface area contributed by atoms with Gasteiger partial charge in [0.1, 0.15) is 11.5 Å². The Kier molecular flexibility index (Phi) is 5.73. The van der Waals surface area contributed by atoms with Gasteiger partial charge in [-0.1, -0.05) is 19.9 Å². The summed E-state index contributed by atoms with van der Waals surface area (Å²) in [5.74, 6) is 1.18. The molecule has 6 nitrogen and oxygen atoms in total. The number of nitrogens with one attached hydrogen (secondary N) is 2. The highest BCUT2D eigenvalue weighted by molar-refractivity contribution is 5.85. The van der Waals surface area contributed by atoms with E-state index < -0.39 is 0 Å². The molecule has 0 aliphatic carbocycles. The molecule has 0 fully saturated rings. The van der Waals surface area contributed by atoms with Crippen LogP contribution in [0, 0.1) is 6.92 Å². The Bertz CT molecular complexity index is 1080. The molecule has 0 atom stereocenters. The fourth-order valence-corrected chi connectivity index (χ4v) is 3.68. The Hall–Kier alpha value is -3.15. The van der Waals surface area contributed by atoms with Gasteiger partial charge in [-0.25, -0.2) is 0 Å². The molecule has 1 aromatic heterocycles. The highest BCUT2D eigenvalue weighted by Gasteiger charge is 2.20. The number of aryl methyl sites for hydroxylation is 1. The highest BCUT2D eigenvalue weighted by atomic mass is 16.5. The van der Waals surface area contributed by atoms with E-state index in [-0.39, 0.29) is 11.3 Å². The number of H-pyrrole nitrogens is 2. The first kappa shape index (κ1) is 20.6. The molecule has 0 aliphatic heterocycles. The van der Waals surface area contributed by atoms with Crippen LogP contribution in [-0.2, 0) is 0 Å². The third kappa shape index (κ3) is 3.75. The number of methoxy groups -OCH3 is 1. The third-order valence-corrected chi connectivity index (χ3v) is 5.41. The Morgan fingerprint density at radius 1 is 1.17 bits per heavy atom. The zero-order valence-corrected chi connectivity index (χ0v) is 17.9. The van der Waals surface area contributed by atoms with Crippen molar-refractivity contribution in [2.24, 2.45) is 0 Å². The second-order valence-corrected chi connectivity index (χ2v) is 7.61. The summed E-state index contributed by atoms with van der Waals surface area (Å²) in [6.07, 6.45) is 0. The number of hydrogen-bond donors (Lipinski definition) is 3. The van der Waals surface area contributed by atoms with Gasteiger partial charge in [0, 0.05) is 19.2 Å². The van der Waals surface area contributed by atoms with Gasteiger partial charge in [0.05, 0.1) is 24.1 Å². The molecule has 3 rings (SSSR count). The molecule has 0 unspecified atom stereocenters. The van der Waals surface area contributed by atoms with Gasteiger partial charge in [-0.3, -0.25) is 15.0 Å². The van der Waals surface area contributed by atoms with Crippen LogP contribution in [0.4, 0.5) is 5.69 Å². The van der Waals surface area contributed by atoms with Crippen LogP contribution in [0.3, 0.4) is 0 Å². The van der Waals surface area contributed by atoms with E-state index in [1.165, 1.54) is 0 Å². The van der Waals surface area contributed by atoms with Crippen LogP contribution >= 0.6 is 0 Å². The predicted octanol–water partition coefficient (Wildman–Crippen LogP) is 4.64. The number of rotatable bonds is 6. The first-order chi connectivity index (χ1) is 13.8. The molecular weight excluding hydrogens is 366 g/mol. The van der Waals surface area contributed by atoms with Gasteiger partial charge in [0.25, 0.3) is 5.56 Å². The van der Waals surface area contributed by atoms with Gasteiger partial charge in [0.2, 0.25) is 0 Å². The second-order valence-electron chi connectivity index (χ2n) is 7.61. The van der Waals surface area contributed by atoms with Gasteiger partial charge >= 0.3 is 0 Å². The van der Waals surface area contributed by atoms with E-state index in [1.54, 1.807) is 13.2 Å². The molecular formula is C23H29N3O3. The molecule has 3 aromatic rings. The van der Waals surface area contributed by atoms with Crippen LogP contribution in [0.1, 0.15) is 37.8 Å². The predicted molar refractivity (Wildman–Crippen MR) is 118 cm³/mol. The van der Waals surface area contributed by atoms with Crippen molar-refractivity contribution in [3.8, 4) is 33.9 Å². The van der Waals surface area contributed by atoms with Crippen LogP contribution in [0.25, 0.3) is 22.4 Å². The lowest BCUT2D eigenvalue weighted by molar-refractivity contribution is 0.415. The molecule has 1 heterocycles. The molecule has 3 N–H and O–H groups in total. The fraction of sp³-hybridized carbons (Fsp3) is 0.348. The van der Waals surface area contributed by atoms with Gasteiger partial charge < -0.3 is 14.7 Å². The van der Waals surface area contributed by atoms with E-state index in [4.69, 9.17) is 4.74 Å². The normalized spacial score (nSPS) is 11.1. The Morgan fingerprint density at radius 3 is 2.52 bits per heavy atom. The summed E-state index contributed by atoms with van der Waals surface area (Å²) >= 11 is 0. The van der Waals surface area contributed by atoms with Crippen LogP contribution in [0.15, 0.2) is 35.1 Å². The summed E-state index contributed by atoms with van der Waals surface area (Å²) in [5, 5.41) is 16.3. The van der Waals surface area contributed by atoms with Gasteiger partial charge in [-0.2, -0.15) is 0 Å². The Morgan fingerprint density at radius 2 is 1.90 bits per heavy atom. The molecule has 29 heavy (non-hydrogen) atoms. The largest absolute Gasteiger partial charge is 0.507 e. The number of anilines is 1. The first-order valence-electron chi connectivity index (χ1n) is 9.82. The lowest BCUT2D eigenvalue weighted by Crippen LogP contribution is -2.16. The lowest BCUT2D eigenvalue weighted by atomic mass is 9.92. The maximum absolute atomic E-state index is 12.7. The van der Waals surface area contributed by atoms with Crippen molar-refractivity contribution in [2.45, 2.75) is 33.6 Å². The number of phenolic OH excluding ortho intramolecular Hbond substituents is 1. The molecule has 0 saturated carbocycles. The molecule has 0 aliphatic rings. The van der Waals surface area contributed by atoms with Gasteiger partial charge in [0.15, 0.2) is 0 Å². The van der Waals surface area contributed by atoms with Crippen LogP contribution < -0.4 is 15.2 Å². The van der Waals surface area contributed by atoms with Crippen molar-refractivity contribution in [1.82, 2.24) is 10.2 Å². The topological polar surface area (TPSA) is 81.4 Å². The Labute approximate surface area is 171 Å². The molecule has 0 bridgehead atoms. The number of ether oxygens (including phenoxy) is 1. The maximum atomic E-state index is 12.7. The van der Waals surface area contributed by atoms with Crippen molar-refractivity contribution in [3.63, 3.8) is 0 Å². The number of aromatic amines is 2. The highest BCUT2D eigenvalue weighted by Crippen LogP contribution is 2.39. The molecule has 0 amide bonds. The number of nitrogens with zero attached hydrogens (tertiary/aromatic N) is 1. The monoisotopic (exact) mass is 395 g/mol. The number of hydrogen-bond acceptors (Lipinski definition) is 4. The van der Waals surface area contributed by atoms with Crippen molar-refractivity contribution in [2.75, 3.05) is 25.6 Å². The maximum Gasteiger partial charge on any atom is 0.272 e. The van der Waals surface area contributed by atoms with E-state index in [0.29, 0.717) is 22.7 Å². The summed E-state index contributed by atoms with van der Waals surface area (Å²) in [5.41, 5.74) is 5.25. The van der Waals surface area contributed by atoms with Crippen molar-refractivity contribution in [3.05, 3.63) is 51.8 Å². The number of phenols is 1. The standard InChI is InChI=1S/C23H29N3O3/c1-7-26(5)18-11-15(8-9-20(18)29-6)21-22(24-25-23(21)28)17-12-16(13(2)3)14(4)10-19(17)27/h8-13,27H,7H2,1-6H3,(H2,24,25,28). The van der Waals surface area contributed by atoms with Gasteiger partial charge in [-0.05, 0) is 60.7 Å². The van der Waals surface area contributed by atoms with Crippen molar-refractivity contribution >= 4 is 5.69 Å². The van der Waals surface area contributed by atoms with Crippen LogP contribution in [0.2, 0.25) is 0 Å². The fourth-order valence-electron chi connectivity index (χ4n) is 3.68. The zero-order chi connectivity index (χ0) is 21.3. The smallest absolute Gasteiger partial charge is 0.272 e. The van der Waals surface area contributed by atoms with Gasteiger partial charge in [-0.15, -0.1) is 0 Å². The minimum Gasteiger partial charge on any atom is -0.507 e. The first-order valence-corrected chi connectivity index (χ1v) is 9.82. The molecule has 2 aromatic carbocycles. The minimum atomic E-state index is -0.235. The molecule has 0 saturated heterocycles. The van der Waals surface area contributed by atoms with Crippen molar-refractivity contribution in [1.29, 1.82) is 0 Å². The quantitative estimate of drug-likeness (QED) is 0.568. The third-order valence-electron chi connectivity index (χ3n) is 5.41. The average Bonchev–Trinajstić information content (AvgIpc) is 3.07. The SMILES string of the molecule is CCN(C)c1cc(-c2c(-c3cc(C(C)C)c(C)cc3O)[nH][nH]c2=O)ccc1OC. The van der Waals surface area contributed by atoms with E-state index >= 15 is 0 Å². The average molecular weight is 396 g/mol.